The molecule has 0 saturated heterocycles. The van der Waals surface area contributed by atoms with E-state index in [9.17, 15) is 0 Å². The van der Waals surface area contributed by atoms with Gasteiger partial charge in [-0.1, -0.05) is 18.2 Å². The molecule has 6 aromatic rings. The Balaban J connectivity index is 1.53. The van der Waals surface area contributed by atoms with Crippen LogP contribution in [-0.4, -0.2) is 24.7 Å². The lowest BCUT2D eigenvalue weighted by molar-refractivity contribution is 0.568. The van der Waals surface area contributed by atoms with E-state index in [1.54, 1.807) is 12.5 Å². The van der Waals surface area contributed by atoms with E-state index in [1.807, 2.05) is 26.2 Å². The quantitative estimate of drug-likeness (QED) is 0.406. The van der Waals surface area contributed by atoms with Crippen molar-refractivity contribution in [3.05, 3.63) is 73.1 Å². The van der Waals surface area contributed by atoms with Crippen LogP contribution >= 0.6 is 0 Å². The molecule has 30 heavy (non-hydrogen) atoms. The molecule has 2 N–H and O–H groups in total. The van der Waals surface area contributed by atoms with Crippen LogP contribution in [0.15, 0.2) is 71.7 Å². The summed E-state index contributed by atoms with van der Waals surface area (Å²) in [6.07, 6.45) is 5.38. The highest BCUT2D eigenvalue weighted by Crippen LogP contribution is 2.35. The number of benzene rings is 2. The normalized spacial score (nSPS) is 11.7. The van der Waals surface area contributed by atoms with E-state index in [2.05, 4.69) is 67.2 Å². The molecule has 0 aliphatic carbocycles. The molecule has 2 aromatic carbocycles. The molecule has 4 aromatic heterocycles. The van der Waals surface area contributed by atoms with Gasteiger partial charge in [-0.25, -0.2) is 4.98 Å². The molecule has 0 atom stereocenters. The van der Waals surface area contributed by atoms with E-state index >= 15 is 0 Å². The third-order valence-electron chi connectivity index (χ3n) is 5.83. The molecule has 0 aliphatic rings. The van der Waals surface area contributed by atoms with Crippen LogP contribution in [0.4, 0.5) is 0 Å². The number of hydrogen-bond acceptors (Lipinski definition) is 3. The minimum atomic E-state index is 0.903. The lowest BCUT2D eigenvalue weighted by atomic mass is 10.0. The molecule has 4 heterocycles. The van der Waals surface area contributed by atoms with E-state index in [-0.39, 0.29) is 0 Å². The Hall–Kier alpha value is -4.06. The molecule has 6 rings (SSSR count). The van der Waals surface area contributed by atoms with Crippen LogP contribution in [0.3, 0.4) is 0 Å². The summed E-state index contributed by atoms with van der Waals surface area (Å²) >= 11 is 0. The Labute approximate surface area is 172 Å². The van der Waals surface area contributed by atoms with Gasteiger partial charge in [0.15, 0.2) is 0 Å². The van der Waals surface area contributed by atoms with Crippen molar-refractivity contribution in [1.29, 1.82) is 0 Å². The molecule has 0 aliphatic heterocycles. The summed E-state index contributed by atoms with van der Waals surface area (Å²) in [4.78, 5) is 7.97. The average Bonchev–Trinajstić information content (AvgIpc) is 3.54. The Morgan fingerprint density at radius 1 is 0.967 bits per heavy atom. The fraction of sp³-hybridized carbons (Fsp3) is 0.0833. The van der Waals surface area contributed by atoms with Crippen molar-refractivity contribution in [3.63, 3.8) is 0 Å². The highest BCUT2D eigenvalue weighted by atomic mass is 16.3. The Morgan fingerprint density at radius 2 is 1.90 bits per heavy atom. The maximum atomic E-state index is 5.29. The molecule has 0 saturated carbocycles. The van der Waals surface area contributed by atoms with Crippen LogP contribution in [0.2, 0.25) is 0 Å². The highest BCUT2D eigenvalue weighted by Gasteiger charge is 2.15. The fourth-order valence-corrected chi connectivity index (χ4v) is 4.10. The maximum absolute atomic E-state index is 5.29. The number of fused-ring (bicyclic) bond motifs is 2. The van der Waals surface area contributed by atoms with Gasteiger partial charge in [0.2, 0.25) is 0 Å². The number of hydrogen-bond donors (Lipinski definition) is 2. The first kappa shape index (κ1) is 16.9. The van der Waals surface area contributed by atoms with E-state index in [1.165, 1.54) is 0 Å². The smallest absolute Gasteiger partial charge is 0.116 e. The molecule has 0 unspecified atom stereocenters. The number of aryl methyl sites for hydroxylation is 1. The highest BCUT2D eigenvalue weighted by molar-refractivity contribution is 6.01. The number of furan rings is 1. The monoisotopic (exact) mass is 393 g/mol. The molecule has 0 fully saturated rings. The molecule has 0 radical (unpaired) electrons. The van der Waals surface area contributed by atoms with Crippen molar-refractivity contribution in [3.8, 4) is 33.8 Å². The number of imidazole rings is 1. The second-order valence-electron chi connectivity index (χ2n) is 7.54. The van der Waals surface area contributed by atoms with Gasteiger partial charge in [0.25, 0.3) is 0 Å². The summed E-state index contributed by atoms with van der Waals surface area (Å²) in [5.74, 6) is 0.986. The zero-order valence-corrected chi connectivity index (χ0v) is 16.6. The van der Waals surface area contributed by atoms with Crippen LogP contribution in [0.25, 0.3) is 55.6 Å². The summed E-state index contributed by atoms with van der Waals surface area (Å²) in [6.45, 7) is 2.01. The molecule has 6 nitrogen and oxygen atoms in total. The van der Waals surface area contributed by atoms with Crippen molar-refractivity contribution in [2.24, 2.45) is 7.05 Å². The summed E-state index contributed by atoms with van der Waals surface area (Å²) in [7, 11) is 2.03. The van der Waals surface area contributed by atoms with Gasteiger partial charge in [-0.05, 0) is 42.8 Å². The van der Waals surface area contributed by atoms with Crippen LogP contribution in [0.1, 0.15) is 5.82 Å². The van der Waals surface area contributed by atoms with Gasteiger partial charge in [0.1, 0.15) is 11.5 Å². The van der Waals surface area contributed by atoms with Gasteiger partial charge in [-0.2, -0.15) is 5.10 Å². The number of nitrogens with one attached hydrogen (secondary N) is 2. The molecule has 0 amide bonds. The summed E-state index contributed by atoms with van der Waals surface area (Å²) in [5.41, 5.74) is 8.34. The summed E-state index contributed by atoms with van der Waals surface area (Å²) in [6, 6.07) is 16.7. The fourth-order valence-electron chi connectivity index (χ4n) is 4.10. The van der Waals surface area contributed by atoms with Crippen LogP contribution in [0.5, 0.6) is 0 Å². The number of nitrogens with zero attached hydrogens (tertiary/aromatic N) is 3. The van der Waals surface area contributed by atoms with Gasteiger partial charge in [0.05, 0.1) is 35.6 Å². The molecular formula is C24H19N5O. The van der Waals surface area contributed by atoms with Crippen molar-refractivity contribution < 1.29 is 4.42 Å². The van der Waals surface area contributed by atoms with Crippen LogP contribution in [0, 0.1) is 6.92 Å². The van der Waals surface area contributed by atoms with Crippen molar-refractivity contribution >= 4 is 21.8 Å². The average molecular weight is 393 g/mol. The number of aromatic nitrogens is 5. The number of aromatic amines is 2. The minimum absolute atomic E-state index is 0.903. The molecule has 6 heteroatoms. The van der Waals surface area contributed by atoms with Crippen LogP contribution < -0.4 is 0 Å². The van der Waals surface area contributed by atoms with Gasteiger partial charge >= 0.3 is 0 Å². The van der Waals surface area contributed by atoms with Gasteiger partial charge in [-0.3, -0.25) is 5.10 Å². The molecule has 0 spiro atoms. The number of H-pyrrole nitrogens is 2. The summed E-state index contributed by atoms with van der Waals surface area (Å²) in [5, 5.41) is 10.00. The topological polar surface area (TPSA) is 75.4 Å². The van der Waals surface area contributed by atoms with E-state index in [0.29, 0.717) is 0 Å². The van der Waals surface area contributed by atoms with E-state index in [0.717, 1.165) is 61.4 Å². The standard InChI is InChI=1S/C24H19N5O/c1-14-25-12-23(29(14)2)15-6-7-21-19(10-15)24(28-27-21)22-11-18-17(16-8-9-30-13-16)4-3-5-20(18)26-22/h3-13,26H,1-2H3,(H,27,28). The van der Waals surface area contributed by atoms with E-state index < -0.39 is 0 Å². The molecular weight excluding hydrogens is 374 g/mol. The third kappa shape index (κ3) is 2.43. The zero-order chi connectivity index (χ0) is 20.2. The SMILES string of the molecule is Cc1ncc(-c2ccc3[nH]nc(-c4cc5c(-c6ccoc6)cccc5[nH]4)c3c2)n1C. The second kappa shape index (κ2) is 6.22. The Morgan fingerprint density at radius 3 is 2.70 bits per heavy atom. The van der Waals surface area contributed by atoms with Gasteiger partial charge in [-0.15, -0.1) is 0 Å². The van der Waals surface area contributed by atoms with Gasteiger partial charge in [0, 0.05) is 34.5 Å². The van der Waals surface area contributed by atoms with Crippen molar-refractivity contribution in [2.75, 3.05) is 0 Å². The largest absolute Gasteiger partial charge is 0.472 e. The number of rotatable bonds is 3. The summed E-state index contributed by atoms with van der Waals surface area (Å²) < 4.78 is 7.38. The lowest BCUT2D eigenvalue weighted by Gasteiger charge is -2.04. The Bertz CT molecular complexity index is 1510. The lowest BCUT2D eigenvalue weighted by Crippen LogP contribution is -1.94. The third-order valence-corrected chi connectivity index (χ3v) is 5.83. The Kier molecular flexibility index (Phi) is 3.49. The second-order valence-corrected chi connectivity index (χ2v) is 7.54. The predicted octanol–water partition coefficient (Wildman–Crippen LogP) is 5.68. The first-order valence-corrected chi connectivity index (χ1v) is 9.80. The van der Waals surface area contributed by atoms with E-state index in [4.69, 9.17) is 4.42 Å². The first-order chi connectivity index (χ1) is 14.7. The zero-order valence-electron chi connectivity index (χ0n) is 16.6. The molecule has 146 valence electrons. The van der Waals surface area contributed by atoms with Crippen LogP contribution in [-0.2, 0) is 7.05 Å². The first-order valence-electron chi connectivity index (χ1n) is 9.80. The maximum Gasteiger partial charge on any atom is 0.116 e. The minimum Gasteiger partial charge on any atom is -0.472 e. The van der Waals surface area contributed by atoms with Gasteiger partial charge < -0.3 is 14.0 Å². The van der Waals surface area contributed by atoms with Crippen molar-refractivity contribution in [1.82, 2.24) is 24.7 Å². The van der Waals surface area contributed by atoms with Crippen molar-refractivity contribution in [2.45, 2.75) is 6.92 Å². The molecule has 0 bridgehead atoms. The predicted molar refractivity (Wildman–Crippen MR) is 118 cm³/mol.